The third-order valence-corrected chi connectivity index (χ3v) is 3.65. The number of benzene rings is 2. The lowest BCUT2D eigenvalue weighted by Crippen LogP contribution is -2.08. The van der Waals surface area contributed by atoms with Crippen LogP contribution in [0.3, 0.4) is 0 Å². The highest BCUT2D eigenvalue weighted by Gasteiger charge is 2.12. The number of carbonyl (C=O) groups excluding carboxylic acids is 1. The molecule has 0 atom stereocenters. The van der Waals surface area contributed by atoms with Gasteiger partial charge in [-0.15, -0.1) is 0 Å². The summed E-state index contributed by atoms with van der Waals surface area (Å²) < 4.78 is 18.8. The number of halogens is 2. The van der Waals surface area contributed by atoms with Gasteiger partial charge in [-0.05, 0) is 65.9 Å². The van der Waals surface area contributed by atoms with E-state index in [0.29, 0.717) is 16.9 Å². The predicted octanol–water partition coefficient (Wildman–Crippen LogP) is 3.93. The van der Waals surface area contributed by atoms with Gasteiger partial charge in [0.15, 0.2) is 0 Å². The Hall–Kier alpha value is -1.83. The van der Waals surface area contributed by atoms with Crippen molar-refractivity contribution in [3.8, 4) is 0 Å². The Labute approximate surface area is 135 Å². The molecular weight excluding hydrogens is 386 g/mol. The Kier molecular flexibility index (Phi) is 5.00. The summed E-state index contributed by atoms with van der Waals surface area (Å²) in [5, 5.41) is 3.13. The van der Waals surface area contributed by atoms with Crippen LogP contribution in [0.4, 0.5) is 21.5 Å². The fourth-order valence-electron chi connectivity index (χ4n) is 1.77. The molecule has 0 amide bonds. The first-order valence-electron chi connectivity index (χ1n) is 6.30. The number of nitrogens with two attached hydrogens (primary N) is 1. The van der Waals surface area contributed by atoms with E-state index in [1.165, 1.54) is 12.1 Å². The molecule has 0 aliphatic heterocycles. The first-order chi connectivity index (χ1) is 10.0. The van der Waals surface area contributed by atoms with Crippen molar-refractivity contribution in [2.45, 2.75) is 6.92 Å². The number of nitrogen functional groups attached to an aromatic ring is 1. The zero-order valence-electron chi connectivity index (χ0n) is 11.3. The van der Waals surface area contributed by atoms with Gasteiger partial charge < -0.3 is 15.8 Å². The molecule has 0 heterocycles. The highest BCUT2D eigenvalue weighted by Crippen LogP contribution is 2.26. The number of ether oxygens (including phenoxy) is 1. The predicted molar refractivity (Wildman–Crippen MR) is 89.2 cm³/mol. The smallest absolute Gasteiger partial charge is 0.340 e. The van der Waals surface area contributed by atoms with Crippen LogP contribution in [0, 0.1) is 9.39 Å². The van der Waals surface area contributed by atoms with E-state index >= 15 is 0 Å². The van der Waals surface area contributed by atoms with Crippen molar-refractivity contribution in [2.24, 2.45) is 0 Å². The second kappa shape index (κ2) is 6.75. The molecule has 0 radical (unpaired) electrons. The summed E-state index contributed by atoms with van der Waals surface area (Å²) in [7, 11) is 0. The van der Waals surface area contributed by atoms with Gasteiger partial charge in [0.05, 0.1) is 17.9 Å². The van der Waals surface area contributed by atoms with Gasteiger partial charge in [-0.1, -0.05) is 0 Å². The second-order valence-corrected chi connectivity index (χ2v) is 5.43. The molecule has 0 aromatic heterocycles. The van der Waals surface area contributed by atoms with Gasteiger partial charge in [0.2, 0.25) is 0 Å². The maximum Gasteiger partial charge on any atom is 0.340 e. The Morgan fingerprint density at radius 2 is 2.10 bits per heavy atom. The Balaban J connectivity index is 2.28. The van der Waals surface area contributed by atoms with Crippen molar-refractivity contribution < 1.29 is 13.9 Å². The van der Waals surface area contributed by atoms with Gasteiger partial charge >= 0.3 is 5.97 Å². The number of carbonyl (C=O) groups is 1. The Bertz CT molecular complexity index is 677. The quantitative estimate of drug-likeness (QED) is 0.464. The summed E-state index contributed by atoms with van der Waals surface area (Å²) in [6.45, 7) is 2.02. The third kappa shape index (κ3) is 3.84. The van der Waals surface area contributed by atoms with E-state index in [2.05, 4.69) is 5.32 Å². The molecule has 0 spiro atoms. The zero-order valence-corrected chi connectivity index (χ0v) is 13.5. The summed E-state index contributed by atoms with van der Waals surface area (Å²) in [6.07, 6.45) is 0. The molecule has 3 N–H and O–H groups in total. The SMILES string of the molecule is CCOC(=O)c1cc(Nc2ccc(F)cc2I)ccc1N. The fraction of sp³-hybridized carbons (Fsp3) is 0.133. The minimum absolute atomic E-state index is 0.284. The normalized spacial score (nSPS) is 10.2. The lowest BCUT2D eigenvalue weighted by Gasteiger charge is -2.11. The van der Waals surface area contributed by atoms with Gasteiger partial charge in [0, 0.05) is 14.9 Å². The number of nitrogens with one attached hydrogen (secondary N) is 1. The summed E-state index contributed by atoms with van der Waals surface area (Å²) >= 11 is 2.04. The van der Waals surface area contributed by atoms with Crippen molar-refractivity contribution >= 4 is 45.6 Å². The molecule has 0 unspecified atom stereocenters. The molecule has 0 saturated heterocycles. The van der Waals surface area contributed by atoms with Crippen molar-refractivity contribution in [1.82, 2.24) is 0 Å². The third-order valence-electron chi connectivity index (χ3n) is 2.76. The standard InChI is InChI=1S/C15H14FIN2O2/c1-2-21-15(20)11-8-10(4-5-13(11)18)19-14-6-3-9(16)7-12(14)17/h3-8,19H,2,18H2,1H3. The zero-order chi connectivity index (χ0) is 15.4. The van der Waals surface area contributed by atoms with Crippen LogP contribution in [0.25, 0.3) is 0 Å². The number of hydrogen-bond donors (Lipinski definition) is 2. The van der Waals surface area contributed by atoms with Gasteiger partial charge in [-0.25, -0.2) is 9.18 Å². The van der Waals surface area contributed by atoms with Crippen LogP contribution in [0.5, 0.6) is 0 Å². The average molecular weight is 400 g/mol. The largest absolute Gasteiger partial charge is 0.462 e. The molecule has 0 fully saturated rings. The van der Waals surface area contributed by atoms with Crippen LogP contribution in [0.1, 0.15) is 17.3 Å². The Morgan fingerprint density at radius 1 is 1.33 bits per heavy atom. The van der Waals surface area contributed by atoms with Crippen molar-refractivity contribution in [3.05, 3.63) is 51.3 Å². The van der Waals surface area contributed by atoms with E-state index in [0.717, 1.165) is 9.26 Å². The summed E-state index contributed by atoms with van der Waals surface area (Å²) in [5.41, 5.74) is 7.87. The summed E-state index contributed by atoms with van der Waals surface area (Å²) in [6, 6.07) is 9.42. The van der Waals surface area contributed by atoms with Crippen LogP contribution in [0.15, 0.2) is 36.4 Å². The van der Waals surface area contributed by atoms with E-state index in [4.69, 9.17) is 10.5 Å². The van der Waals surface area contributed by atoms with Gasteiger partial charge in [0.1, 0.15) is 5.82 Å². The van der Waals surface area contributed by atoms with Gasteiger partial charge in [-0.2, -0.15) is 0 Å². The van der Waals surface area contributed by atoms with Crippen LogP contribution in [-0.2, 0) is 4.74 Å². The molecular formula is C15H14FIN2O2. The average Bonchev–Trinajstić information content (AvgIpc) is 2.44. The van der Waals surface area contributed by atoms with Crippen LogP contribution in [0.2, 0.25) is 0 Å². The molecule has 2 aromatic carbocycles. The first kappa shape index (κ1) is 15.6. The van der Waals surface area contributed by atoms with Crippen LogP contribution in [-0.4, -0.2) is 12.6 Å². The number of hydrogen-bond acceptors (Lipinski definition) is 4. The molecule has 110 valence electrons. The molecule has 2 rings (SSSR count). The second-order valence-electron chi connectivity index (χ2n) is 4.27. The molecule has 0 aliphatic carbocycles. The molecule has 2 aromatic rings. The highest BCUT2D eigenvalue weighted by molar-refractivity contribution is 14.1. The van der Waals surface area contributed by atoms with E-state index in [9.17, 15) is 9.18 Å². The lowest BCUT2D eigenvalue weighted by molar-refractivity contribution is 0.0527. The highest BCUT2D eigenvalue weighted by atomic mass is 127. The van der Waals surface area contributed by atoms with Crippen LogP contribution < -0.4 is 11.1 Å². The maximum absolute atomic E-state index is 13.1. The first-order valence-corrected chi connectivity index (χ1v) is 7.38. The van der Waals surface area contributed by atoms with E-state index in [1.54, 1.807) is 31.2 Å². The van der Waals surface area contributed by atoms with Crippen LogP contribution >= 0.6 is 22.6 Å². The number of esters is 1. The van der Waals surface area contributed by atoms with E-state index in [1.807, 2.05) is 22.6 Å². The molecule has 6 heteroatoms. The number of anilines is 3. The topological polar surface area (TPSA) is 64.3 Å². The number of rotatable bonds is 4. The van der Waals surface area contributed by atoms with Gasteiger partial charge in [0.25, 0.3) is 0 Å². The van der Waals surface area contributed by atoms with E-state index < -0.39 is 5.97 Å². The van der Waals surface area contributed by atoms with Crippen molar-refractivity contribution in [2.75, 3.05) is 17.7 Å². The van der Waals surface area contributed by atoms with Crippen molar-refractivity contribution in [1.29, 1.82) is 0 Å². The van der Waals surface area contributed by atoms with Crippen molar-refractivity contribution in [3.63, 3.8) is 0 Å². The summed E-state index contributed by atoms with van der Waals surface area (Å²) in [4.78, 5) is 11.8. The monoisotopic (exact) mass is 400 g/mol. The Morgan fingerprint density at radius 3 is 2.76 bits per heavy atom. The van der Waals surface area contributed by atoms with Gasteiger partial charge in [-0.3, -0.25) is 0 Å². The maximum atomic E-state index is 13.1. The molecule has 4 nitrogen and oxygen atoms in total. The molecule has 21 heavy (non-hydrogen) atoms. The van der Waals surface area contributed by atoms with E-state index in [-0.39, 0.29) is 12.4 Å². The minimum atomic E-state index is -0.465. The minimum Gasteiger partial charge on any atom is -0.462 e. The summed E-state index contributed by atoms with van der Waals surface area (Å²) in [5.74, 6) is -0.762. The fourth-order valence-corrected chi connectivity index (χ4v) is 2.38. The molecule has 0 saturated carbocycles. The molecule has 0 bridgehead atoms. The molecule has 0 aliphatic rings. The lowest BCUT2D eigenvalue weighted by atomic mass is 10.1.